The molecule has 2 aliphatic rings. The Morgan fingerprint density at radius 1 is 1.13 bits per heavy atom. The molecule has 2 N–H and O–H groups in total. The molecular weight excluding hydrogens is 184 g/mol. The van der Waals surface area contributed by atoms with Gasteiger partial charge in [-0.1, -0.05) is 26.7 Å². The van der Waals surface area contributed by atoms with Crippen LogP contribution in [0.4, 0.5) is 0 Å². The molecule has 2 nitrogen and oxygen atoms in total. The molecule has 0 heterocycles. The highest BCUT2D eigenvalue weighted by Crippen LogP contribution is 2.40. The van der Waals surface area contributed by atoms with Gasteiger partial charge >= 0.3 is 0 Å². The Bertz CT molecular complexity index is 219. The fourth-order valence-electron chi connectivity index (χ4n) is 3.43. The van der Waals surface area contributed by atoms with E-state index in [4.69, 9.17) is 5.73 Å². The fourth-order valence-corrected chi connectivity index (χ4v) is 3.43. The molecule has 2 aliphatic carbocycles. The first-order chi connectivity index (χ1) is 7.02. The third-order valence-corrected chi connectivity index (χ3v) is 4.83. The first-order valence-corrected chi connectivity index (χ1v) is 6.50. The zero-order valence-electron chi connectivity index (χ0n) is 10.5. The Balaban J connectivity index is 1.99. The minimum Gasteiger partial charge on any atom is -0.326 e. The second kappa shape index (κ2) is 4.06. The summed E-state index contributed by atoms with van der Waals surface area (Å²) in [5, 5.41) is 0. The number of likely N-dealkylation sites (N-methyl/N-ethyl adjacent to an activating group) is 1. The first-order valence-electron chi connectivity index (χ1n) is 6.50. The molecule has 2 rings (SSSR count). The van der Waals surface area contributed by atoms with Gasteiger partial charge in [0, 0.05) is 18.1 Å². The van der Waals surface area contributed by atoms with Crippen LogP contribution in [-0.2, 0) is 0 Å². The zero-order valence-corrected chi connectivity index (χ0v) is 10.5. The summed E-state index contributed by atoms with van der Waals surface area (Å²) < 4.78 is 0. The lowest BCUT2D eigenvalue weighted by Gasteiger charge is -2.36. The van der Waals surface area contributed by atoms with Crippen LogP contribution in [0.3, 0.4) is 0 Å². The molecular formula is C13H26N2. The van der Waals surface area contributed by atoms with Gasteiger partial charge < -0.3 is 5.73 Å². The third kappa shape index (κ3) is 2.07. The predicted molar refractivity (Wildman–Crippen MR) is 64.8 cm³/mol. The molecule has 88 valence electrons. The van der Waals surface area contributed by atoms with Gasteiger partial charge in [-0.15, -0.1) is 0 Å². The second-order valence-electron chi connectivity index (χ2n) is 6.22. The summed E-state index contributed by atoms with van der Waals surface area (Å²) in [6.07, 6.45) is 8.19. The molecule has 2 atom stereocenters. The van der Waals surface area contributed by atoms with Crippen molar-refractivity contribution in [3.05, 3.63) is 0 Å². The minimum absolute atomic E-state index is 0.345. The molecule has 2 heteroatoms. The molecule has 0 amide bonds. The van der Waals surface area contributed by atoms with Crippen molar-refractivity contribution in [2.45, 2.75) is 70.5 Å². The average Bonchev–Trinajstić information content (AvgIpc) is 2.76. The summed E-state index contributed by atoms with van der Waals surface area (Å²) in [6, 6.07) is 1.81. The van der Waals surface area contributed by atoms with Gasteiger partial charge in [-0.3, -0.25) is 4.90 Å². The van der Waals surface area contributed by atoms with Crippen LogP contribution in [-0.4, -0.2) is 30.1 Å². The van der Waals surface area contributed by atoms with Crippen LogP contribution in [0.15, 0.2) is 0 Å². The molecule has 0 aromatic rings. The first kappa shape index (κ1) is 11.4. The van der Waals surface area contributed by atoms with E-state index in [-0.39, 0.29) is 0 Å². The van der Waals surface area contributed by atoms with Crippen LogP contribution in [0, 0.1) is 5.41 Å². The van der Waals surface area contributed by atoms with E-state index < -0.39 is 0 Å². The highest BCUT2D eigenvalue weighted by atomic mass is 15.2. The van der Waals surface area contributed by atoms with Crippen molar-refractivity contribution in [2.75, 3.05) is 7.05 Å². The minimum atomic E-state index is 0.345. The van der Waals surface area contributed by atoms with Gasteiger partial charge in [0.1, 0.15) is 0 Å². The molecule has 2 unspecified atom stereocenters. The zero-order chi connectivity index (χ0) is 11.1. The summed E-state index contributed by atoms with van der Waals surface area (Å²) in [5.74, 6) is 0. The summed E-state index contributed by atoms with van der Waals surface area (Å²) >= 11 is 0. The lowest BCUT2D eigenvalue weighted by Crippen LogP contribution is -2.50. The van der Waals surface area contributed by atoms with E-state index in [0.29, 0.717) is 17.5 Å². The van der Waals surface area contributed by atoms with Crippen molar-refractivity contribution >= 4 is 0 Å². The van der Waals surface area contributed by atoms with Gasteiger partial charge in [-0.2, -0.15) is 0 Å². The van der Waals surface area contributed by atoms with Crippen molar-refractivity contribution in [3.63, 3.8) is 0 Å². The third-order valence-electron chi connectivity index (χ3n) is 4.83. The van der Waals surface area contributed by atoms with Gasteiger partial charge in [-0.05, 0) is 38.1 Å². The van der Waals surface area contributed by atoms with Crippen molar-refractivity contribution in [3.8, 4) is 0 Å². The monoisotopic (exact) mass is 210 g/mol. The van der Waals surface area contributed by atoms with E-state index in [0.717, 1.165) is 6.04 Å². The standard InChI is InChI=1S/C13H26N2/c1-13(2)9-8-11(12(13)14)15(3)10-6-4-5-7-10/h10-12H,4-9,14H2,1-3H3. The predicted octanol–water partition coefficient (Wildman–Crippen LogP) is 2.38. The molecule has 0 aliphatic heterocycles. The van der Waals surface area contributed by atoms with E-state index in [1.165, 1.54) is 38.5 Å². The maximum atomic E-state index is 6.38. The van der Waals surface area contributed by atoms with Crippen LogP contribution in [0.5, 0.6) is 0 Å². The van der Waals surface area contributed by atoms with Gasteiger partial charge in [0.2, 0.25) is 0 Å². The normalized spacial score (nSPS) is 36.6. The molecule has 2 saturated carbocycles. The number of nitrogens with two attached hydrogens (primary N) is 1. The van der Waals surface area contributed by atoms with E-state index in [2.05, 4.69) is 25.8 Å². The molecule has 15 heavy (non-hydrogen) atoms. The number of nitrogens with zero attached hydrogens (tertiary/aromatic N) is 1. The van der Waals surface area contributed by atoms with Gasteiger partial charge in [0.25, 0.3) is 0 Å². The maximum absolute atomic E-state index is 6.38. The molecule has 0 spiro atoms. The molecule has 0 saturated heterocycles. The van der Waals surface area contributed by atoms with Crippen molar-refractivity contribution < 1.29 is 0 Å². The smallest absolute Gasteiger partial charge is 0.0252 e. The van der Waals surface area contributed by atoms with Crippen molar-refractivity contribution in [2.24, 2.45) is 11.1 Å². The summed E-state index contributed by atoms with van der Waals surface area (Å²) in [5.41, 5.74) is 6.73. The summed E-state index contributed by atoms with van der Waals surface area (Å²) in [7, 11) is 2.29. The summed E-state index contributed by atoms with van der Waals surface area (Å²) in [6.45, 7) is 4.64. The highest BCUT2D eigenvalue weighted by Gasteiger charge is 2.42. The van der Waals surface area contributed by atoms with E-state index in [9.17, 15) is 0 Å². The largest absolute Gasteiger partial charge is 0.326 e. The van der Waals surface area contributed by atoms with Crippen molar-refractivity contribution in [1.29, 1.82) is 0 Å². The maximum Gasteiger partial charge on any atom is 0.0252 e. The quantitative estimate of drug-likeness (QED) is 0.758. The van der Waals surface area contributed by atoms with Crippen LogP contribution < -0.4 is 5.73 Å². The molecule has 0 aromatic heterocycles. The van der Waals surface area contributed by atoms with Gasteiger partial charge in [0.15, 0.2) is 0 Å². The Hall–Kier alpha value is -0.0800. The average molecular weight is 210 g/mol. The highest BCUT2D eigenvalue weighted by molar-refractivity contribution is 5.00. The Morgan fingerprint density at radius 2 is 1.73 bits per heavy atom. The van der Waals surface area contributed by atoms with E-state index in [1.54, 1.807) is 0 Å². The van der Waals surface area contributed by atoms with Gasteiger partial charge in [0.05, 0.1) is 0 Å². The SMILES string of the molecule is CN(C1CCCC1)C1CCC(C)(C)C1N. The number of rotatable bonds is 2. The number of hydrogen-bond donors (Lipinski definition) is 1. The molecule has 0 radical (unpaired) electrons. The lowest BCUT2D eigenvalue weighted by molar-refractivity contribution is 0.147. The van der Waals surface area contributed by atoms with Gasteiger partial charge in [-0.25, -0.2) is 0 Å². The van der Waals surface area contributed by atoms with E-state index in [1.807, 2.05) is 0 Å². The van der Waals surface area contributed by atoms with Crippen LogP contribution in [0.25, 0.3) is 0 Å². The fraction of sp³-hybridized carbons (Fsp3) is 1.00. The topological polar surface area (TPSA) is 29.3 Å². The Labute approximate surface area is 94.2 Å². The number of hydrogen-bond acceptors (Lipinski definition) is 2. The Morgan fingerprint density at radius 3 is 2.20 bits per heavy atom. The van der Waals surface area contributed by atoms with Crippen LogP contribution in [0.1, 0.15) is 52.4 Å². The lowest BCUT2D eigenvalue weighted by atomic mass is 9.87. The molecule has 0 bridgehead atoms. The van der Waals surface area contributed by atoms with Crippen LogP contribution >= 0.6 is 0 Å². The van der Waals surface area contributed by atoms with E-state index >= 15 is 0 Å². The van der Waals surface area contributed by atoms with Crippen molar-refractivity contribution in [1.82, 2.24) is 4.90 Å². The second-order valence-corrected chi connectivity index (χ2v) is 6.22. The molecule has 2 fully saturated rings. The molecule has 0 aromatic carbocycles. The summed E-state index contributed by atoms with van der Waals surface area (Å²) in [4.78, 5) is 2.59. The Kier molecular flexibility index (Phi) is 3.09. The van der Waals surface area contributed by atoms with Crippen LogP contribution in [0.2, 0.25) is 0 Å².